The molecule has 0 aliphatic rings. The summed E-state index contributed by atoms with van der Waals surface area (Å²) in [6.45, 7) is 0. The largest absolute Gasteiger partial charge is 0.295 e. The van der Waals surface area contributed by atoms with E-state index in [4.69, 9.17) is 0 Å². The van der Waals surface area contributed by atoms with Crippen molar-refractivity contribution in [2.75, 3.05) is 0 Å². The molecule has 0 radical (unpaired) electrons. The summed E-state index contributed by atoms with van der Waals surface area (Å²) in [5.74, 6) is 0. The molecule has 0 spiro atoms. The number of hydrogen-bond acceptors (Lipinski definition) is 9. The van der Waals surface area contributed by atoms with Gasteiger partial charge in [0, 0.05) is 22.9 Å². The van der Waals surface area contributed by atoms with E-state index in [0.29, 0.717) is 23.5 Å². The van der Waals surface area contributed by atoms with E-state index in [2.05, 4.69) is 0 Å². The lowest BCUT2D eigenvalue weighted by Crippen LogP contribution is -2.02. The van der Waals surface area contributed by atoms with Crippen LogP contribution in [0.1, 0.15) is 0 Å². The maximum Gasteiger partial charge on any atom is 0.295 e. The highest BCUT2D eigenvalue weighted by molar-refractivity contribution is 7.86. The Labute approximate surface area is 153 Å². The first kappa shape index (κ1) is 19.1. The summed E-state index contributed by atoms with van der Waals surface area (Å²) in [7, 11) is -9.98. The number of nitro groups is 2. The second kappa shape index (κ2) is 5.89. The number of fused-ring (bicyclic) bond motifs is 3. The van der Waals surface area contributed by atoms with Crippen molar-refractivity contribution >= 4 is 63.1 Å². The predicted octanol–water partition coefficient (Wildman–Crippen LogP) is 2.36. The molecule has 1 heterocycles. The van der Waals surface area contributed by atoms with Crippen molar-refractivity contribution in [2.24, 2.45) is 0 Å². The zero-order valence-corrected chi connectivity index (χ0v) is 15.0. The van der Waals surface area contributed by atoms with Gasteiger partial charge in [-0.2, -0.15) is 16.8 Å². The number of hydrogen-bond donors (Lipinski definition) is 2. The smallest absolute Gasteiger partial charge is 0.282 e. The van der Waals surface area contributed by atoms with Crippen molar-refractivity contribution in [3.8, 4) is 0 Å². The van der Waals surface area contributed by atoms with Gasteiger partial charge in [-0.15, -0.1) is 11.3 Å². The van der Waals surface area contributed by atoms with Gasteiger partial charge in [0.2, 0.25) is 0 Å². The molecule has 1 aromatic heterocycles. The molecule has 12 nitrogen and oxygen atoms in total. The number of nitro benzene ring substituents is 2. The van der Waals surface area contributed by atoms with E-state index < -0.39 is 71.4 Å². The molecule has 0 amide bonds. The fourth-order valence-electron chi connectivity index (χ4n) is 2.61. The van der Waals surface area contributed by atoms with Crippen LogP contribution in [0, 0.1) is 20.2 Å². The van der Waals surface area contributed by atoms with Crippen LogP contribution < -0.4 is 0 Å². The lowest BCUT2D eigenvalue weighted by atomic mass is 10.1. The lowest BCUT2D eigenvalue weighted by molar-refractivity contribution is -0.382. The van der Waals surface area contributed by atoms with Crippen LogP contribution >= 0.6 is 11.3 Å². The third kappa shape index (κ3) is 3.00. The van der Waals surface area contributed by atoms with E-state index in [1.54, 1.807) is 0 Å². The van der Waals surface area contributed by atoms with E-state index in [1.165, 1.54) is 0 Å². The van der Waals surface area contributed by atoms with E-state index in [9.17, 15) is 46.2 Å². The maximum atomic E-state index is 11.7. The normalized spacial score (nSPS) is 12.5. The molecular formula is C12H6N2O10S3. The van der Waals surface area contributed by atoms with Gasteiger partial charge in [-0.3, -0.25) is 29.3 Å². The Balaban J connectivity index is 2.79. The Morgan fingerprint density at radius 3 is 1.33 bits per heavy atom. The Morgan fingerprint density at radius 2 is 1.07 bits per heavy atom. The molecule has 0 aliphatic heterocycles. The minimum absolute atomic E-state index is 0.398. The number of nitrogens with zero attached hydrogens (tertiary/aromatic N) is 2. The highest BCUT2D eigenvalue weighted by atomic mass is 32.2. The van der Waals surface area contributed by atoms with Crippen LogP contribution in [0.5, 0.6) is 0 Å². The molecule has 0 unspecified atom stereocenters. The predicted molar refractivity (Wildman–Crippen MR) is 92.3 cm³/mol. The van der Waals surface area contributed by atoms with Gasteiger partial charge < -0.3 is 0 Å². The quantitative estimate of drug-likeness (QED) is 0.349. The van der Waals surface area contributed by atoms with Gasteiger partial charge >= 0.3 is 0 Å². The van der Waals surface area contributed by atoms with Gasteiger partial charge in [-0.1, -0.05) is 0 Å². The Hall–Kier alpha value is -2.72. The molecule has 15 heteroatoms. The summed E-state index contributed by atoms with van der Waals surface area (Å²) in [5.41, 5.74) is -1.32. The van der Waals surface area contributed by atoms with Crippen molar-refractivity contribution in [3.63, 3.8) is 0 Å². The summed E-state index contributed by atoms with van der Waals surface area (Å²) in [5, 5.41) is 21.3. The second-order valence-electron chi connectivity index (χ2n) is 5.14. The lowest BCUT2D eigenvalue weighted by Gasteiger charge is -2.04. The van der Waals surface area contributed by atoms with E-state index >= 15 is 0 Å². The van der Waals surface area contributed by atoms with Gasteiger partial charge in [0.05, 0.1) is 9.85 Å². The topological polar surface area (TPSA) is 195 Å². The molecule has 3 aromatic rings. The van der Waals surface area contributed by atoms with Gasteiger partial charge in [0.25, 0.3) is 31.6 Å². The molecule has 27 heavy (non-hydrogen) atoms. The third-order valence-electron chi connectivity index (χ3n) is 3.60. The number of non-ortho nitro benzene ring substituents is 2. The van der Waals surface area contributed by atoms with Crippen LogP contribution in [0.3, 0.4) is 0 Å². The summed E-state index contributed by atoms with van der Waals surface area (Å²) < 4.78 is 64.8. The minimum Gasteiger partial charge on any atom is -0.282 e. The van der Waals surface area contributed by atoms with Crippen LogP contribution in [-0.4, -0.2) is 35.8 Å². The first-order chi connectivity index (χ1) is 12.3. The average molecular weight is 434 g/mol. The molecule has 2 N–H and O–H groups in total. The van der Waals surface area contributed by atoms with Crippen molar-refractivity contribution in [3.05, 3.63) is 44.5 Å². The van der Waals surface area contributed by atoms with Gasteiger partial charge in [-0.25, -0.2) is 0 Å². The minimum atomic E-state index is -4.99. The number of rotatable bonds is 4. The molecule has 3 rings (SSSR count). The highest BCUT2D eigenvalue weighted by Crippen LogP contribution is 2.47. The van der Waals surface area contributed by atoms with E-state index in [0.717, 1.165) is 12.1 Å². The summed E-state index contributed by atoms with van der Waals surface area (Å²) in [6, 6.07) is 2.88. The highest BCUT2D eigenvalue weighted by Gasteiger charge is 2.31. The fraction of sp³-hybridized carbons (Fsp3) is 0. The Morgan fingerprint density at radius 1 is 0.741 bits per heavy atom. The standard InChI is InChI=1S/C12H6N2O10S3/c15-13(16)5-1-3-7(26(19,20)21)9-10-8(27(22,23)24)4-2-6(14(17)18)12(10)25-11(5)9/h1-4H,(H,19,20,21)(H,22,23,24). The van der Waals surface area contributed by atoms with Gasteiger partial charge in [0.1, 0.15) is 19.2 Å². The van der Waals surface area contributed by atoms with Crippen molar-refractivity contribution in [1.29, 1.82) is 0 Å². The molecule has 0 bridgehead atoms. The number of thiophene rings is 1. The molecule has 0 fully saturated rings. The van der Waals surface area contributed by atoms with Crippen LogP contribution in [-0.2, 0) is 20.2 Å². The van der Waals surface area contributed by atoms with Crippen molar-refractivity contribution in [2.45, 2.75) is 9.79 Å². The van der Waals surface area contributed by atoms with Gasteiger partial charge in [0.15, 0.2) is 0 Å². The van der Waals surface area contributed by atoms with Crippen LogP contribution in [0.25, 0.3) is 20.2 Å². The maximum absolute atomic E-state index is 11.7. The summed E-state index contributed by atoms with van der Waals surface area (Å²) in [6.07, 6.45) is 0. The van der Waals surface area contributed by atoms with Crippen LogP contribution in [0.2, 0.25) is 0 Å². The molecule has 0 saturated carbocycles. The Bertz CT molecular complexity index is 1270. The third-order valence-corrected chi connectivity index (χ3v) is 6.63. The van der Waals surface area contributed by atoms with Crippen LogP contribution in [0.15, 0.2) is 34.1 Å². The summed E-state index contributed by atoms with van der Waals surface area (Å²) in [4.78, 5) is 18.9. The average Bonchev–Trinajstić information content (AvgIpc) is 2.90. The first-order valence-corrected chi connectivity index (χ1v) is 10.3. The Kier molecular flexibility index (Phi) is 4.16. The van der Waals surface area contributed by atoms with Crippen molar-refractivity contribution in [1.82, 2.24) is 0 Å². The molecule has 0 atom stereocenters. The van der Waals surface area contributed by atoms with E-state index in [1.807, 2.05) is 0 Å². The zero-order chi connectivity index (χ0) is 20.3. The molecular weight excluding hydrogens is 428 g/mol. The zero-order valence-electron chi connectivity index (χ0n) is 12.6. The first-order valence-electron chi connectivity index (χ1n) is 6.60. The number of benzene rings is 2. The van der Waals surface area contributed by atoms with E-state index in [-0.39, 0.29) is 0 Å². The molecule has 0 saturated heterocycles. The monoisotopic (exact) mass is 434 g/mol. The van der Waals surface area contributed by atoms with Crippen LogP contribution in [0.4, 0.5) is 11.4 Å². The second-order valence-corrected chi connectivity index (χ2v) is 8.94. The molecule has 2 aromatic carbocycles. The SMILES string of the molecule is O=[N+]([O-])c1ccc(S(=O)(=O)O)c2c1sc1c([N+](=O)[O-])ccc(S(=O)(=O)O)c12. The van der Waals surface area contributed by atoms with Gasteiger partial charge in [-0.05, 0) is 12.1 Å². The van der Waals surface area contributed by atoms with Crippen molar-refractivity contribution < 1.29 is 35.8 Å². The fourth-order valence-corrected chi connectivity index (χ4v) is 5.47. The molecule has 142 valence electrons. The summed E-state index contributed by atoms with van der Waals surface area (Å²) >= 11 is 0.398. The molecule has 0 aliphatic carbocycles.